The molecule has 0 bridgehead atoms. The SMILES string of the molecule is C#CCNC(=O)COC(=O)/C=C/c1ccc(OC(C)C)c(OC)c1. The molecular weight excluding hydrogens is 310 g/mol. The molecule has 128 valence electrons. The number of hydrogen-bond donors (Lipinski definition) is 1. The van der Waals surface area contributed by atoms with E-state index in [9.17, 15) is 9.59 Å². The van der Waals surface area contributed by atoms with Crippen LogP contribution in [0.3, 0.4) is 0 Å². The van der Waals surface area contributed by atoms with E-state index in [-0.39, 0.29) is 19.3 Å². The molecule has 6 heteroatoms. The van der Waals surface area contributed by atoms with Gasteiger partial charge in [0.25, 0.3) is 5.91 Å². The molecule has 0 aliphatic heterocycles. The molecule has 0 spiro atoms. The largest absolute Gasteiger partial charge is 0.493 e. The smallest absolute Gasteiger partial charge is 0.331 e. The molecular formula is C18H21NO5. The third kappa shape index (κ3) is 6.88. The van der Waals surface area contributed by atoms with Gasteiger partial charge in [0.1, 0.15) is 0 Å². The second-order valence-electron chi connectivity index (χ2n) is 5.00. The summed E-state index contributed by atoms with van der Waals surface area (Å²) in [5, 5.41) is 2.39. The molecule has 1 rings (SSSR count). The number of amides is 1. The number of carbonyl (C=O) groups excluding carboxylic acids is 2. The molecule has 0 heterocycles. The van der Waals surface area contributed by atoms with Crippen molar-refractivity contribution in [3.8, 4) is 23.8 Å². The molecule has 0 saturated heterocycles. The first-order chi connectivity index (χ1) is 11.5. The zero-order chi connectivity index (χ0) is 17.9. The summed E-state index contributed by atoms with van der Waals surface area (Å²) in [4.78, 5) is 22.8. The van der Waals surface area contributed by atoms with Gasteiger partial charge in [0.2, 0.25) is 0 Å². The number of esters is 1. The van der Waals surface area contributed by atoms with E-state index >= 15 is 0 Å². The van der Waals surface area contributed by atoms with Crippen molar-refractivity contribution in [1.82, 2.24) is 5.32 Å². The minimum Gasteiger partial charge on any atom is -0.493 e. The van der Waals surface area contributed by atoms with Crippen LogP contribution < -0.4 is 14.8 Å². The van der Waals surface area contributed by atoms with Crippen LogP contribution in [0.1, 0.15) is 19.4 Å². The van der Waals surface area contributed by atoms with E-state index in [2.05, 4.69) is 11.2 Å². The Balaban J connectivity index is 2.61. The van der Waals surface area contributed by atoms with Crippen molar-refractivity contribution in [3.05, 3.63) is 29.8 Å². The molecule has 1 aromatic carbocycles. The molecule has 0 aliphatic rings. The van der Waals surface area contributed by atoms with E-state index < -0.39 is 11.9 Å². The van der Waals surface area contributed by atoms with Gasteiger partial charge in [-0.3, -0.25) is 4.79 Å². The van der Waals surface area contributed by atoms with Gasteiger partial charge in [0.05, 0.1) is 19.8 Å². The van der Waals surface area contributed by atoms with Crippen LogP contribution >= 0.6 is 0 Å². The van der Waals surface area contributed by atoms with Crippen LogP contribution in [0.25, 0.3) is 6.08 Å². The predicted molar refractivity (Wildman–Crippen MR) is 90.6 cm³/mol. The number of ether oxygens (including phenoxy) is 3. The minimum absolute atomic E-state index is 0.0240. The van der Waals surface area contributed by atoms with E-state index in [1.165, 1.54) is 6.08 Å². The Morgan fingerprint density at radius 1 is 1.33 bits per heavy atom. The van der Waals surface area contributed by atoms with E-state index in [0.717, 1.165) is 5.56 Å². The lowest BCUT2D eigenvalue weighted by molar-refractivity contribution is -0.143. The van der Waals surface area contributed by atoms with Crippen LogP contribution in [0.5, 0.6) is 11.5 Å². The summed E-state index contributed by atoms with van der Waals surface area (Å²) >= 11 is 0. The van der Waals surface area contributed by atoms with Crippen molar-refractivity contribution >= 4 is 18.0 Å². The van der Waals surface area contributed by atoms with Gasteiger partial charge in [-0.05, 0) is 37.6 Å². The fourth-order valence-electron chi connectivity index (χ4n) is 1.69. The van der Waals surface area contributed by atoms with Crippen molar-refractivity contribution in [2.45, 2.75) is 20.0 Å². The summed E-state index contributed by atoms with van der Waals surface area (Å²) < 4.78 is 15.7. The normalized spacial score (nSPS) is 10.3. The summed E-state index contributed by atoms with van der Waals surface area (Å²) in [5.74, 6) is 2.35. The van der Waals surface area contributed by atoms with Crippen molar-refractivity contribution in [1.29, 1.82) is 0 Å². The highest BCUT2D eigenvalue weighted by atomic mass is 16.5. The molecule has 0 saturated carbocycles. The van der Waals surface area contributed by atoms with Gasteiger partial charge < -0.3 is 19.5 Å². The lowest BCUT2D eigenvalue weighted by Gasteiger charge is -2.13. The first-order valence-corrected chi connectivity index (χ1v) is 7.36. The quantitative estimate of drug-likeness (QED) is 0.447. The van der Waals surface area contributed by atoms with Gasteiger partial charge in [-0.15, -0.1) is 6.42 Å². The van der Waals surface area contributed by atoms with Crippen LogP contribution in [0.2, 0.25) is 0 Å². The fourth-order valence-corrected chi connectivity index (χ4v) is 1.69. The second-order valence-corrected chi connectivity index (χ2v) is 5.00. The molecule has 0 fully saturated rings. The number of hydrogen-bond acceptors (Lipinski definition) is 5. The summed E-state index contributed by atoms with van der Waals surface area (Å²) in [7, 11) is 1.54. The monoisotopic (exact) mass is 331 g/mol. The standard InChI is InChI=1S/C18H21NO5/c1-5-10-19-17(20)12-23-18(21)9-7-14-6-8-15(24-13(2)3)16(11-14)22-4/h1,6-9,11,13H,10,12H2,2-4H3,(H,19,20)/b9-7+. The van der Waals surface area contributed by atoms with Gasteiger partial charge in [-0.1, -0.05) is 12.0 Å². The van der Waals surface area contributed by atoms with Gasteiger partial charge >= 0.3 is 5.97 Å². The maximum atomic E-state index is 11.6. The molecule has 0 atom stereocenters. The molecule has 0 unspecified atom stereocenters. The Labute approximate surface area is 141 Å². The van der Waals surface area contributed by atoms with Crippen LogP contribution in [0.15, 0.2) is 24.3 Å². The van der Waals surface area contributed by atoms with E-state index in [4.69, 9.17) is 20.6 Å². The van der Waals surface area contributed by atoms with Crippen molar-refractivity contribution in [2.75, 3.05) is 20.3 Å². The van der Waals surface area contributed by atoms with Gasteiger partial charge in [-0.2, -0.15) is 0 Å². The molecule has 1 amide bonds. The number of terminal acetylenes is 1. The average molecular weight is 331 g/mol. The maximum Gasteiger partial charge on any atom is 0.331 e. The molecule has 0 aromatic heterocycles. The van der Waals surface area contributed by atoms with E-state index in [1.807, 2.05) is 13.8 Å². The summed E-state index contributed by atoms with van der Waals surface area (Å²) in [6.07, 6.45) is 7.81. The fraction of sp³-hybridized carbons (Fsp3) is 0.333. The van der Waals surface area contributed by atoms with Crippen molar-refractivity contribution < 1.29 is 23.8 Å². The third-order valence-corrected chi connectivity index (χ3v) is 2.70. The lowest BCUT2D eigenvalue weighted by Crippen LogP contribution is -2.28. The molecule has 0 radical (unpaired) electrons. The molecule has 1 aromatic rings. The topological polar surface area (TPSA) is 73.9 Å². The highest BCUT2D eigenvalue weighted by molar-refractivity contribution is 5.89. The number of rotatable bonds is 8. The third-order valence-electron chi connectivity index (χ3n) is 2.70. The van der Waals surface area contributed by atoms with Crippen molar-refractivity contribution in [3.63, 3.8) is 0 Å². The van der Waals surface area contributed by atoms with Gasteiger partial charge in [0, 0.05) is 6.08 Å². The Bertz CT molecular complexity index is 643. The zero-order valence-corrected chi connectivity index (χ0v) is 14.0. The summed E-state index contributed by atoms with van der Waals surface area (Å²) in [5.41, 5.74) is 0.733. The van der Waals surface area contributed by atoms with E-state index in [0.29, 0.717) is 11.5 Å². The van der Waals surface area contributed by atoms with Crippen LogP contribution in [0.4, 0.5) is 0 Å². The number of carbonyl (C=O) groups is 2. The van der Waals surface area contributed by atoms with Crippen LogP contribution in [-0.2, 0) is 14.3 Å². The van der Waals surface area contributed by atoms with E-state index in [1.54, 1.807) is 31.4 Å². The number of methoxy groups -OCH3 is 1. The average Bonchev–Trinajstić information content (AvgIpc) is 2.56. The molecule has 1 N–H and O–H groups in total. The zero-order valence-electron chi connectivity index (χ0n) is 14.0. The van der Waals surface area contributed by atoms with Crippen molar-refractivity contribution in [2.24, 2.45) is 0 Å². The lowest BCUT2D eigenvalue weighted by atomic mass is 10.2. The van der Waals surface area contributed by atoms with Gasteiger partial charge in [-0.25, -0.2) is 4.79 Å². The van der Waals surface area contributed by atoms with Crippen LogP contribution in [-0.4, -0.2) is 38.2 Å². The number of nitrogens with one attached hydrogen (secondary N) is 1. The summed E-state index contributed by atoms with van der Waals surface area (Å²) in [6, 6.07) is 5.28. The summed E-state index contributed by atoms with van der Waals surface area (Å²) in [6.45, 7) is 3.55. The van der Waals surface area contributed by atoms with Gasteiger partial charge in [0.15, 0.2) is 18.1 Å². The second kappa shape index (κ2) is 9.95. The minimum atomic E-state index is -0.632. The first kappa shape index (κ1) is 19.1. The molecule has 6 nitrogen and oxygen atoms in total. The molecule has 24 heavy (non-hydrogen) atoms. The highest BCUT2D eigenvalue weighted by Gasteiger charge is 2.07. The predicted octanol–water partition coefficient (Wildman–Crippen LogP) is 1.79. The first-order valence-electron chi connectivity index (χ1n) is 7.36. The Morgan fingerprint density at radius 3 is 2.71 bits per heavy atom. The Hall–Kier alpha value is -2.94. The maximum absolute atomic E-state index is 11.6. The van der Waals surface area contributed by atoms with Crippen LogP contribution in [0, 0.1) is 12.3 Å². The molecule has 0 aliphatic carbocycles. The number of benzene rings is 1. The highest BCUT2D eigenvalue weighted by Crippen LogP contribution is 2.29. The Kier molecular flexibility index (Phi) is 7.92. The Morgan fingerprint density at radius 2 is 2.08 bits per heavy atom.